The van der Waals surface area contributed by atoms with Gasteiger partial charge in [-0.25, -0.2) is 13.4 Å². The van der Waals surface area contributed by atoms with Crippen LogP contribution in [-0.2, 0) is 16.4 Å². The highest BCUT2D eigenvalue weighted by atomic mass is 32.2. The summed E-state index contributed by atoms with van der Waals surface area (Å²) < 4.78 is 33.6. The van der Waals surface area contributed by atoms with Crippen molar-refractivity contribution in [2.24, 2.45) is 0 Å². The predicted octanol–water partition coefficient (Wildman–Crippen LogP) is 3.45. The second-order valence-electron chi connectivity index (χ2n) is 7.40. The molecule has 1 atom stereocenters. The van der Waals surface area contributed by atoms with Crippen molar-refractivity contribution in [2.45, 2.75) is 36.9 Å². The second-order valence-corrected chi connectivity index (χ2v) is 9.20. The van der Waals surface area contributed by atoms with Gasteiger partial charge in [-0.05, 0) is 30.5 Å². The van der Waals surface area contributed by atoms with Crippen molar-refractivity contribution in [3.05, 3.63) is 71.9 Å². The van der Waals surface area contributed by atoms with E-state index in [4.69, 9.17) is 4.52 Å². The van der Waals surface area contributed by atoms with E-state index in [2.05, 4.69) is 20.1 Å². The zero-order valence-electron chi connectivity index (χ0n) is 16.2. The van der Waals surface area contributed by atoms with E-state index >= 15 is 0 Å². The first kappa shape index (κ1) is 19.0. The summed E-state index contributed by atoms with van der Waals surface area (Å²) in [4.78, 5) is 11.8. The van der Waals surface area contributed by atoms with E-state index in [0.29, 0.717) is 42.1 Å². The summed E-state index contributed by atoms with van der Waals surface area (Å²) in [7, 11) is -3.83. The minimum absolute atomic E-state index is 0.0522. The van der Waals surface area contributed by atoms with Crippen molar-refractivity contribution >= 4 is 21.1 Å². The molecule has 0 amide bonds. The lowest BCUT2D eigenvalue weighted by Gasteiger charge is -2.31. The Morgan fingerprint density at radius 1 is 1.03 bits per heavy atom. The highest BCUT2D eigenvalue weighted by molar-refractivity contribution is 7.89. The topological polar surface area (TPSA) is 105 Å². The molecule has 2 aromatic carbocycles. The molecule has 8 nitrogen and oxygen atoms in total. The summed E-state index contributed by atoms with van der Waals surface area (Å²) in [5.41, 5.74) is 2.37. The lowest BCUT2D eigenvalue weighted by molar-refractivity contribution is 0.239. The maximum atomic E-state index is 13.4. The van der Waals surface area contributed by atoms with Gasteiger partial charge in [0.15, 0.2) is 5.82 Å². The zero-order chi connectivity index (χ0) is 20.6. The lowest BCUT2D eigenvalue weighted by atomic mass is 10.0. The lowest BCUT2D eigenvalue weighted by Crippen LogP contribution is -2.39. The summed E-state index contributed by atoms with van der Waals surface area (Å²) in [6, 6.07) is 16.6. The minimum atomic E-state index is -3.83. The number of fused-ring (bicyclic) bond motifs is 1. The molecule has 0 saturated carbocycles. The van der Waals surface area contributed by atoms with Gasteiger partial charge in [0.2, 0.25) is 11.0 Å². The fourth-order valence-corrected chi connectivity index (χ4v) is 5.44. The number of hydrogen-bond acceptors (Lipinski definition) is 6. The SMILES string of the molecule is O=S(=O)(c1nc2ccccc2[nH]1)N1CCCC[C@H]1c1noc(Cc2ccccc2)n1. The number of aromatic amines is 1. The van der Waals surface area contributed by atoms with Crippen LogP contribution >= 0.6 is 0 Å². The number of benzene rings is 2. The van der Waals surface area contributed by atoms with E-state index in [1.54, 1.807) is 6.07 Å². The molecule has 1 aliphatic heterocycles. The molecular weight excluding hydrogens is 402 g/mol. The highest BCUT2D eigenvalue weighted by Gasteiger charge is 2.38. The number of hydrogen-bond donors (Lipinski definition) is 1. The fraction of sp³-hybridized carbons (Fsp3) is 0.286. The summed E-state index contributed by atoms with van der Waals surface area (Å²) in [5.74, 6) is 0.878. The van der Waals surface area contributed by atoms with Gasteiger partial charge in [-0.3, -0.25) is 0 Å². The van der Waals surface area contributed by atoms with Crippen LogP contribution in [0.4, 0.5) is 0 Å². The Bertz CT molecular complexity index is 1230. The Labute approximate surface area is 174 Å². The van der Waals surface area contributed by atoms with Gasteiger partial charge in [-0.2, -0.15) is 9.29 Å². The van der Waals surface area contributed by atoms with Crippen LogP contribution in [0.1, 0.15) is 42.6 Å². The van der Waals surface area contributed by atoms with Gasteiger partial charge in [0.1, 0.15) is 0 Å². The van der Waals surface area contributed by atoms with E-state index < -0.39 is 16.1 Å². The normalized spacial score (nSPS) is 18.1. The van der Waals surface area contributed by atoms with E-state index in [9.17, 15) is 8.42 Å². The fourth-order valence-electron chi connectivity index (χ4n) is 3.86. The molecule has 1 saturated heterocycles. The van der Waals surface area contributed by atoms with Crippen LogP contribution in [0.2, 0.25) is 0 Å². The number of para-hydroxylation sites is 2. The molecule has 1 N–H and O–H groups in total. The Balaban J connectivity index is 1.44. The first-order chi connectivity index (χ1) is 14.6. The molecule has 154 valence electrons. The Morgan fingerprint density at radius 2 is 1.83 bits per heavy atom. The number of imidazole rings is 1. The number of aromatic nitrogens is 4. The average Bonchev–Trinajstić information content (AvgIpc) is 3.42. The molecule has 0 bridgehead atoms. The monoisotopic (exact) mass is 423 g/mol. The molecular formula is C21H21N5O3S. The van der Waals surface area contributed by atoms with Gasteiger partial charge in [0, 0.05) is 6.54 Å². The van der Waals surface area contributed by atoms with Crippen LogP contribution in [0.15, 0.2) is 64.3 Å². The standard InChI is InChI=1S/C21H21N5O3S/c27-30(28,21-22-16-10-4-5-11-17(16)23-21)26-13-7-6-12-18(26)20-24-19(29-25-20)14-15-8-2-1-3-9-15/h1-5,8-11,18H,6-7,12-14H2,(H,22,23)/t18-/m0/s1. The van der Waals surface area contributed by atoms with E-state index in [-0.39, 0.29) is 5.16 Å². The quantitative estimate of drug-likeness (QED) is 0.527. The Hall–Kier alpha value is -3.04. The van der Waals surface area contributed by atoms with Crippen LogP contribution < -0.4 is 0 Å². The van der Waals surface area contributed by atoms with Crippen molar-refractivity contribution in [1.82, 2.24) is 24.4 Å². The number of H-pyrrole nitrogens is 1. The summed E-state index contributed by atoms with van der Waals surface area (Å²) in [6.45, 7) is 0.395. The van der Waals surface area contributed by atoms with E-state index in [1.165, 1.54) is 4.31 Å². The van der Waals surface area contributed by atoms with Crippen LogP contribution in [0.3, 0.4) is 0 Å². The van der Waals surface area contributed by atoms with Crippen molar-refractivity contribution in [2.75, 3.05) is 6.54 Å². The van der Waals surface area contributed by atoms with Gasteiger partial charge in [-0.1, -0.05) is 54.0 Å². The maximum absolute atomic E-state index is 13.4. The molecule has 2 aromatic heterocycles. The molecule has 3 heterocycles. The second kappa shape index (κ2) is 7.66. The molecule has 0 unspecified atom stereocenters. The number of rotatable bonds is 5. The predicted molar refractivity (Wildman–Crippen MR) is 110 cm³/mol. The third kappa shape index (κ3) is 3.50. The largest absolute Gasteiger partial charge is 0.339 e. The molecule has 9 heteroatoms. The van der Waals surface area contributed by atoms with Crippen molar-refractivity contribution in [3.63, 3.8) is 0 Å². The first-order valence-electron chi connectivity index (χ1n) is 9.94. The number of nitrogens with one attached hydrogen (secondary N) is 1. The van der Waals surface area contributed by atoms with Crippen molar-refractivity contribution in [3.8, 4) is 0 Å². The Kier molecular flexibility index (Phi) is 4.84. The third-order valence-corrected chi connectivity index (χ3v) is 7.09. The van der Waals surface area contributed by atoms with Gasteiger partial charge < -0.3 is 9.51 Å². The molecule has 0 aliphatic carbocycles. The molecule has 30 heavy (non-hydrogen) atoms. The molecule has 4 aromatic rings. The van der Waals surface area contributed by atoms with Crippen LogP contribution in [0.5, 0.6) is 0 Å². The molecule has 1 aliphatic rings. The average molecular weight is 423 g/mol. The molecule has 0 radical (unpaired) electrons. The number of piperidine rings is 1. The number of nitrogens with zero attached hydrogens (tertiary/aromatic N) is 4. The van der Waals surface area contributed by atoms with Gasteiger partial charge in [0.25, 0.3) is 10.0 Å². The third-order valence-electron chi connectivity index (χ3n) is 5.35. The zero-order valence-corrected chi connectivity index (χ0v) is 17.0. The van der Waals surface area contributed by atoms with Crippen molar-refractivity contribution in [1.29, 1.82) is 0 Å². The van der Waals surface area contributed by atoms with Gasteiger partial charge >= 0.3 is 0 Å². The highest BCUT2D eigenvalue weighted by Crippen LogP contribution is 2.34. The summed E-state index contributed by atoms with van der Waals surface area (Å²) >= 11 is 0. The van der Waals surface area contributed by atoms with Crippen LogP contribution in [0, 0.1) is 0 Å². The van der Waals surface area contributed by atoms with Crippen LogP contribution in [0.25, 0.3) is 11.0 Å². The Morgan fingerprint density at radius 3 is 2.67 bits per heavy atom. The smallest absolute Gasteiger partial charge is 0.277 e. The van der Waals surface area contributed by atoms with Crippen molar-refractivity contribution < 1.29 is 12.9 Å². The molecule has 1 fully saturated rings. The molecule has 0 spiro atoms. The van der Waals surface area contributed by atoms with Gasteiger partial charge in [-0.15, -0.1) is 0 Å². The summed E-state index contributed by atoms with van der Waals surface area (Å²) in [5, 5.41) is 4.06. The maximum Gasteiger partial charge on any atom is 0.277 e. The summed E-state index contributed by atoms with van der Waals surface area (Å²) in [6.07, 6.45) is 2.84. The van der Waals surface area contributed by atoms with E-state index in [0.717, 1.165) is 18.4 Å². The van der Waals surface area contributed by atoms with Crippen LogP contribution in [-0.4, -0.2) is 39.4 Å². The first-order valence-corrected chi connectivity index (χ1v) is 11.4. The number of sulfonamides is 1. The molecule has 5 rings (SSSR count). The minimum Gasteiger partial charge on any atom is -0.339 e. The van der Waals surface area contributed by atoms with Gasteiger partial charge in [0.05, 0.1) is 23.5 Å². The van der Waals surface area contributed by atoms with E-state index in [1.807, 2.05) is 48.5 Å².